The Kier molecular flexibility index (Phi) is 5.32. The molecule has 0 heterocycles. The van der Waals surface area contributed by atoms with Gasteiger partial charge in [-0.15, -0.1) is 0 Å². The first kappa shape index (κ1) is 17.4. The van der Waals surface area contributed by atoms with Crippen LogP contribution in [0.3, 0.4) is 0 Å². The van der Waals surface area contributed by atoms with Crippen LogP contribution in [0.1, 0.15) is 52.7 Å². The molecule has 1 rings (SSSR count). The van der Waals surface area contributed by atoms with Crippen molar-refractivity contribution in [2.24, 2.45) is 10.8 Å². The number of Topliss-reactive ketones (excluding diaryl/α,β-unsaturated/α-hetero) is 1. The van der Waals surface area contributed by atoms with Crippen LogP contribution in [-0.2, 0) is 22.6 Å². The van der Waals surface area contributed by atoms with Crippen molar-refractivity contribution >= 4 is 11.7 Å². The van der Waals surface area contributed by atoms with Gasteiger partial charge in [0.25, 0.3) is 0 Å². The molecule has 1 aromatic carbocycles. The standard InChI is InChI=1S/C18H27NO2/c1-17(2,3)15(20)11-13-8-7-9-14(10-13)12-19-16(21)18(4,5)6/h7-10H,11-12H2,1-6H3,(H,19,21). The van der Waals surface area contributed by atoms with Gasteiger partial charge >= 0.3 is 0 Å². The molecule has 0 saturated carbocycles. The number of ketones is 1. The largest absolute Gasteiger partial charge is 0.352 e. The van der Waals surface area contributed by atoms with Crippen molar-refractivity contribution < 1.29 is 9.59 Å². The van der Waals surface area contributed by atoms with E-state index in [0.29, 0.717) is 13.0 Å². The predicted octanol–water partition coefficient (Wildman–Crippen LogP) is 3.51. The highest BCUT2D eigenvalue weighted by Gasteiger charge is 2.22. The third-order valence-corrected chi connectivity index (χ3v) is 3.33. The number of hydrogen-bond acceptors (Lipinski definition) is 2. The molecule has 0 aliphatic heterocycles. The van der Waals surface area contributed by atoms with Crippen molar-refractivity contribution in [3.05, 3.63) is 35.4 Å². The van der Waals surface area contributed by atoms with E-state index in [1.807, 2.05) is 65.8 Å². The fraction of sp³-hybridized carbons (Fsp3) is 0.556. The Morgan fingerprint density at radius 3 is 2.05 bits per heavy atom. The normalized spacial score (nSPS) is 12.1. The molecule has 21 heavy (non-hydrogen) atoms. The summed E-state index contributed by atoms with van der Waals surface area (Å²) < 4.78 is 0. The Hall–Kier alpha value is -1.64. The summed E-state index contributed by atoms with van der Waals surface area (Å²) in [6.07, 6.45) is 0.435. The second kappa shape index (κ2) is 6.42. The molecule has 0 saturated heterocycles. The summed E-state index contributed by atoms with van der Waals surface area (Å²) in [5, 5.41) is 2.93. The molecular formula is C18H27NO2. The first-order valence-electron chi connectivity index (χ1n) is 7.39. The lowest BCUT2D eigenvalue weighted by Crippen LogP contribution is -2.34. The molecule has 0 aliphatic carbocycles. The SMILES string of the molecule is CC(C)(C)C(=O)Cc1cccc(CNC(=O)C(C)(C)C)c1. The molecule has 0 spiro atoms. The molecule has 0 atom stereocenters. The van der Waals surface area contributed by atoms with Gasteiger partial charge in [-0.2, -0.15) is 0 Å². The Morgan fingerprint density at radius 2 is 1.52 bits per heavy atom. The van der Waals surface area contributed by atoms with Gasteiger partial charge < -0.3 is 5.32 Å². The highest BCUT2D eigenvalue weighted by molar-refractivity contribution is 5.85. The number of rotatable bonds is 4. The van der Waals surface area contributed by atoms with E-state index in [4.69, 9.17) is 0 Å². The van der Waals surface area contributed by atoms with Crippen LogP contribution in [0.5, 0.6) is 0 Å². The van der Waals surface area contributed by atoms with E-state index in [1.165, 1.54) is 0 Å². The Labute approximate surface area is 128 Å². The number of benzene rings is 1. The smallest absolute Gasteiger partial charge is 0.225 e. The number of carbonyl (C=O) groups excluding carboxylic acids is 2. The molecule has 0 radical (unpaired) electrons. The average Bonchev–Trinajstić information content (AvgIpc) is 2.34. The van der Waals surface area contributed by atoms with Crippen LogP contribution in [0, 0.1) is 10.8 Å². The Balaban J connectivity index is 2.69. The van der Waals surface area contributed by atoms with E-state index in [0.717, 1.165) is 11.1 Å². The highest BCUT2D eigenvalue weighted by Crippen LogP contribution is 2.18. The van der Waals surface area contributed by atoms with Crippen molar-refractivity contribution in [2.45, 2.75) is 54.5 Å². The first-order valence-corrected chi connectivity index (χ1v) is 7.39. The summed E-state index contributed by atoms with van der Waals surface area (Å²) in [7, 11) is 0. The summed E-state index contributed by atoms with van der Waals surface area (Å²) in [5.74, 6) is 0.247. The van der Waals surface area contributed by atoms with Gasteiger partial charge in [0, 0.05) is 23.8 Å². The quantitative estimate of drug-likeness (QED) is 0.922. The minimum atomic E-state index is -0.389. The van der Waals surface area contributed by atoms with Gasteiger partial charge in [-0.1, -0.05) is 65.8 Å². The summed E-state index contributed by atoms with van der Waals surface area (Å²) >= 11 is 0. The molecule has 1 N–H and O–H groups in total. The van der Waals surface area contributed by atoms with Crippen LogP contribution >= 0.6 is 0 Å². The van der Waals surface area contributed by atoms with E-state index < -0.39 is 0 Å². The van der Waals surface area contributed by atoms with Crippen LogP contribution < -0.4 is 5.32 Å². The van der Waals surface area contributed by atoms with Gasteiger partial charge in [0.2, 0.25) is 5.91 Å². The Bertz CT molecular complexity index is 519. The maximum absolute atomic E-state index is 12.1. The zero-order valence-corrected chi connectivity index (χ0v) is 14.0. The number of amides is 1. The van der Waals surface area contributed by atoms with Crippen LogP contribution in [0.15, 0.2) is 24.3 Å². The predicted molar refractivity (Wildman–Crippen MR) is 85.9 cm³/mol. The lowest BCUT2D eigenvalue weighted by atomic mass is 9.87. The van der Waals surface area contributed by atoms with Crippen molar-refractivity contribution in [3.8, 4) is 0 Å². The van der Waals surface area contributed by atoms with Gasteiger partial charge in [0.1, 0.15) is 5.78 Å². The van der Waals surface area contributed by atoms with Gasteiger partial charge in [-0.25, -0.2) is 0 Å². The van der Waals surface area contributed by atoms with E-state index in [1.54, 1.807) is 0 Å². The fourth-order valence-electron chi connectivity index (χ4n) is 1.75. The molecule has 1 aromatic rings. The van der Waals surface area contributed by atoms with Gasteiger partial charge in [0.15, 0.2) is 0 Å². The zero-order valence-electron chi connectivity index (χ0n) is 14.0. The van der Waals surface area contributed by atoms with Crippen LogP contribution in [0.2, 0.25) is 0 Å². The minimum absolute atomic E-state index is 0.0265. The fourth-order valence-corrected chi connectivity index (χ4v) is 1.75. The van der Waals surface area contributed by atoms with E-state index in [2.05, 4.69) is 5.32 Å². The van der Waals surface area contributed by atoms with Crippen molar-refractivity contribution in [2.75, 3.05) is 0 Å². The molecule has 0 bridgehead atoms. The zero-order chi connectivity index (χ0) is 16.3. The van der Waals surface area contributed by atoms with Gasteiger partial charge in [-0.05, 0) is 11.1 Å². The molecule has 1 amide bonds. The number of hydrogen-bond donors (Lipinski definition) is 1. The second-order valence-electron chi connectivity index (χ2n) is 7.60. The van der Waals surface area contributed by atoms with Crippen LogP contribution in [-0.4, -0.2) is 11.7 Å². The van der Waals surface area contributed by atoms with E-state index in [-0.39, 0.29) is 22.5 Å². The van der Waals surface area contributed by atoms with E-state index in [9.17, 15) is 9.59 Å². The molecule has 0 unspecified atom stereocenters. The van der Waals surface area contributed by atoms with Crippen molar-refractivity contribution in [1.29, 1.82) is 0 Å². The monoisotopic (exact) mass is 289 g/mol. The highest BCUT2D eigenvalue weighted by atomic mass is 16.2. The van der Waals surface area contributed by atoms with Gasteiger partial charge in [-0.3, -0.25) is 9.59 Å². The lowest BCUT2D eigenvalue weighted by Gasteiger charge is -2.18. The van der Waals surface area contributed by atoms with Crippen LogP contribution in [0.4, 0.5) is 0 Å². The van der Waals surface area contributed by atoms with Crippen LogP contribution in [0.25, 0.3) is 0 Å². The number of nitrogens with one attached hydrogen (secondary N) is 1. The van der Waals surface area contributed by atoms with Crippen molar-refractivity contribution in [3.63, 3.8) is 0 Å². The molecule has 116 valence electrons. The number of carbonyl (C=O) groups is 2. The lowest BCUT2D eigenvalue weighted by molar-refractivity contribution is -0.128. The maximum Gasteiger partial charge on any atom is 0.225 e. The summed E-state index contributed by atoms with van der Waals surface area (Å²) in [4.78, 5) is 23.9. The molecule has 3 heteroatoms. The molecule has 0 aliphatic rings. The topological polar surface area (TPSA) is 46.2 Å². The summed E-state index contributed by atoms with van der Waals surface area (Å²) in [6, 6.07) is 7.85. The summed E-state index contributed by atoms with van der Waals surface area (Å²) in [6.45, 7) is 12.0. The third kappa shape index (κ3) is 5.70. The average molecular weight is 289 g/mol. The van der Waals surface area contributed by atoms with Crippen molar-refractivity contribution in [1.82, 2.24) is 5.32 Å². The van der Waals surface area contributed by atoms with E-state index >= 15 is 0 Å². The molecule has 3 nitrogen and oxygen atoms in total. The second-order valence-corrected chi connectivity index (χ2v) is 7.60. The Morgan fingerprint density at radius 1 is 0.952 bits per heavy atom. The van der Waals surface area contributed by atoms with Gasteiger partial charge in [0.05, 0.1) is 0 Å². The molecule has 0 fully saturated rings. The third-order valence-electron chi connectivity index (χ3n) is 3.33. The minimum Gasteiger partial charge on any atom is -0.352 e. The molecule has 0 aromatic heterocycles. The molecular weight excluding hydrogens is 262 g/mol. The summed E-state index contributed by atoms with van der Waals surface area (Å²) in [5.41, 5.74) is 1.31. The maximum atomic E-state index is 12.1. The first-order chi connectivity index (χ1) is 9.50.